The average Bonchev–Trinajstić information content (AvgIpc) is 2.65. The fourth-order valence-corrected chi connectivity index (χ4v) is 1.94. The van der Waals surface area contributed by atoms with Crippen LogP contribution in [0.1, 0.15) is 43.7 Å². The molecule has 0 aliphatic heterocycles. The van der Waals surface area contributed by atoms with E-state index in [1.54, 1.807) is 0 Å². The smallest absolute Gasteiger partial charge is 0.137 e. The van der Waals surface area contributed by atoms with Crippen LogP contribution in [0.2, 0.25) is 0 Å². The van der Waals surface area contributed by atoms with Crippen LogP contribution in [-0.2, 0) is 0 Å². The van der Waals surface area contributed by atoms with E-state index in [2.05, 4.69) is 52.8 Å². The van der Waals surface area contributed by atoms with Gasteiger partial charge in [-0.3, -0.25) is 0 Å². The highest BCUT2D eigenvalue weighted by molar-refractivity contribution is 5.82. The van der Waals surface area contributed by atoms with Gasteiger partial charge in [0.05, 0.1) is 6.04 Å². The van der Waals surface area contributed by atoms with Gasteiger partial charge in [0, 0.05) is 5.39 Å². The Balaban J connectivity index is 2.56. The van der Waals surface area contributed by atoms with Gasteiger partial charge in [0.1, 0.15) is 11.3 Å². The average molecular weight is 231 g/mol. The number of aryl methyl sites for hydroxylation is 2. The van der Waals surface area contributed by atoms with Crippen LogP contribution in [0.3, 0.4) is 0 Å². The van der Waals surface area contributed by atoms with E-state index in [4.69, 9.17) is 10.2 Å². The summed E-state index contributed by atoms with van der Waals surface area (Å²) in [4.78, 5) is 0. The van der Waals surface area contributed by atoms with Gasteiger partial charge in [-0.25, -0.2) is 0 Å². The van der Waals surface area contributed by atoms with Crippen LogP contribution < -0.4 is 5.73 Å². The van der Waals surface area contributed by atoms with Crippen LogP contribution in [0.15, 0.2) is 22.6 Å². The quantitative estimate of drug-likeness (QED) is 0.802. The second-order valence-corrected chi connectivity index (χ2v) is 5.92. The van der Waals surface area contributed by atoms with E-state index in [1.807, 2.05) is 0 Å². The van der Waals surface area contributed by atoms with Crippen molar-refractivity contribution < 1.29 is 4.42 Å². The third-order valence-corrected chi connectivity index (χ3v) is 3.46. The summed E-state index contributed by atoms with van der Waals surface area (Å²) in [6, 6.07) is 6.21. The molecular formula is C15H21NO. The molecule has 2 N–H and O–H groups in total. The zero-order valence-electron chi connectivity index (χ0n) is 11.3. The lowest BCUT2D eigenvalue weighted by Gasteiger charge is -2.24. The SMILES string of the molecule is Cc1ccc2cc(C(N)C(C)(C)C)oc2c1C. The van der Waals surface area contributed by atoms with E-state index in [1.165, 1.54) is 11.1 Å². The predicted molar refractivity (Wildman–Crippen MR) is 72.1 cm³/mol. The molecule has 92 valence electrons. The molecule has 0 fully saturated rings. The maximum absolute atomic E-state index is 6.23. The summed E-state index contributed by atoms with van der Waals surface area (Å²) in [7, 11) is 0. The van der Waals surface area contributed by atoms with Crippen molar-refractivity contribution in [2.45, 2.75) is 40.7 Å². The molecule has 0 spiro atoms. The standard InChI is InChI=1S/C15H21NO/c1-9-6-7-11-8-12(14(16)15(3,4)5)17-13(11)10(9)2/h6-8,14H,16H2,1-5H3. The van der Waals surface area contributed by atoms with Crippen LogP contribution in [-0.4, -0.2) is 0 Å². The van der Waals surface area contributed by atoms with Gasteiger partial charge < -0.3 is 10.2 Å². The number of benzene rings is 1. The molecule has 2 aromatic rings. The zero-order chi connectivity index (χ0) is 12.8. The van der Waals surface area contributed by atoms with Crippen LogP contribution >= 0.6 is 0 Å². The molecule has 1 aromatic carbocycles. The lowest BCUT2D eigenvalue weighted by molar-refractivity contribution is 0.290. The first-order chi connectivity index (χ1) is 7.80. The normalized spacial score (nSPS) is 14.2. The largest absolute Gasteiger partial charge is 0.459 e. The summed E-state index contributed by atoms with van der Waals surface area (Å²) in [5, 5.41) is 1.14. The first kappa shape index (κ1) is 12.2. The number of hydrogen-bond donors (Lipinski definition) is 1. The molecule has 0 radical (unpaired) electrons. The van der Waals surface area contributed by atoms with Crippen molar-refractivity contribution in [3.63, 3.8) is 0 Å². The van der Waals surface area contributed by atoms with E-state index in [9.17, 15) is 0 Å². The van der Waals surface area contributed by atoms with Crippen molar-refractivity contribution in [2.75, 3.05) is 0 Å². The monoisotopic (exact) mass is 231 g/mol. The Labute approximate surface area is 103 Å². The Bertz CT molecular complexity index is 546. The summed E-state index contributed by atoms with van der Waals surface area (Å²) in [6.45, 7) is 10.6. The molecule has 1 heterocycles. The fourth-order valence-electron chi connectivity index (χ4n) is 1.94. The van der Waals surface area contributed by atoms with E-state index < -0.39 is 0 Å². The molecule has 0 amide bonds. The first-order valence-corrected chi connectivity index (χ1v) is 6.06. The van der Waals surface area contributed by atoms with Crippen LogP contribution in [0, 0.1) is 19.3 Å². The lowest BCUT2D eigenvalue weighted by atomic mass is 9.86. The van der Waals surface area contributed by atoms with Gasteiger partial charge in [0.25, 0.3) is 0 Å². The van der Waals surface area contributed by atoms with Crippen LogP contribution in [0.4, 0.5) is 0 Å². The topological polar surface area (TPSA) is 39.2 Å². The summed E-state index contributed by atoms with van der Waals surface area (Å²) < 4.78 is 5.94. The van der Waals surface area contributed by atoms with E-state index >= 15 is 0 Å². The fraction of sp³-hybridized carbons (Fsp3) is 0.467. The Kier molecular flexibility index (Phi) is 2.78. The van der Waals surface area contributed by atoms with Crippen molar-refractivity contribution in [3.05, 3.63) is 35.1 Å². The maximum Gasteiger partial charge on any atom is 0.137 e. The van der Waals surface area contributed by atoms with E-state index in [-0.39, 0.29) is 11.5 Å². The van der Waals surface area contributed by atoms with Gasteiger partial charge in [-0.15, -0.1) is 0 Å². The highest BCUT2D eigenvalue weighted by atomic mass is 16.3. The van der Waals surface area contributed by atoms with E-state index in [0.29, 0.717) is 0 Å². The van der Waals surface area contributed by atoms with E-state index in [0.717, 1.165) is 16.7 Å². The molecule has 0 aliphatic rings. The van der Waals surface area contributed by atoms with Crippen molar-refractivity contribution in [2.24, 2.45) is 11.1 Å². The molecule has 2 nitrogen and oxygen atoms in total. The molecule has 0 aliphatic carbocycles. The van der Waals surface area contributed by atoms with Gasteiger partial charge in [-0.2, -0.15) is 0 Å². The van der Waals surface area contributed by atoms with Crippen molar-refractivity contribution >= 4 is 11.0 Å². The molecule has 2 heteroatoms. The Morgan fingerprint density at radius 1 is 1.18 bits per heavy atom. The Morgan fingerprint density at radius 2 is 1.82 bits per heavy atom. The summed E-state index contributed by atoms with van der Waals surface area (Å²) in [5.74, 6) is 0.876. The number of fused-ring (bicyclic) bond motifs is 1. The summed E-state index contributed by atoms with van der Waals surface area (Å²) >= 11 is 0. The first-order valence-electron chi connectivity index (χ1n) is 6.06. The van der Waals surface area contributed by atoms with Crippen LogP contribution in [0.25, 0.3) is 11.0 Å². The van der Waals surface area contributed by atoms with Crippen molar-refractivity contribution in [1.29, 1.82) is 0 Å². The summed E-state index contributed by atoms with van der Waals surface area (Å²) in [6.07, 6.45) is 0. The van der Waals surface area contributed by atoms with Crippen molar-refractivity contribution in [1.82, 2.24) is 0 Å². The highest BCUT2D eigenvalue weighted by Crippen LogP contribution is 2.34. The molecule has 0 saturated carbocycles. The summed E-state index contributed by atoms with van der Waals surface area (Å²) in [5.41, 5.74) is 9.67. The third kappa shape index (κ3) is 2.09. The van der Waals surface area contributed by atoms with Gasteiger partial charge >= 0.3 is 0 Å². The number of hydrogen-bond acceptors (Lipinski definition) is 2. The van der Waals surface area contributed by atoms with Gasteiger partial charge in [0.15, 0.2) is 0 Å². The number of nitrogens with two attached hydrogens (primary N) is 1. The van der Waals surface area contributed by atoms with Gasteiger partial charge in [0.2, 0.25) is 0 Å². The minimum absolute atomic E-state index is 0.0107. The molecule has 17 heavy (non-hydrogen) atoms. The van der Waals surface area contributed by atoms with Crippen molar-refractivity contribution in [3.8, 4) is 0 Å². The second kappa shape index (κ2) is 3.88. The highest BCUT2D eigenvalue weighted by Gasteiger charge is 2.25. The third-order valence-electron chi connectivity index (χ3n) is 3.46. The molecule has 1 unspecified atom stereocenters. The molecule has 2 rings (SSSR count). The zero-order valence-corrected chi connectivity index (χ0v) is 11.3. The molecule has 1 aromatic heterocycles. The molecule has 1 atom stereocenters. The van der Waals surface area contributed by atoms with Gasteiger partial charge in [-0.05, 0) is 36.5 Å². The van der Waals surface area contributed by atoms with Gasteiger partial charge in [-0.1, -0.05) is 32.9 Å². The predicted octanol–water partition coefficient (Wildman–Crippen LogP) is 4.10. The number of rotatable bonds is 1. The second-order valence-electron chi connectivity index (χ2n) is 5.92. The Hall–Kier alpha value is -1.28. The molecular weight excluding hydrogens is 210 g/mol. The minimum atomic E-state index is -0.0744. The molecule has 0 bridgehead atoms. The molecule has 0 saturated heterocycles. The number of furan rings is 1. The Morgan fingerprint density at radius 3 is 2.41 bits per heavy atom. The lowest BCUT2D eigenvalue weighted by Crippen LogP contribution is -2.25. The maximum atomic E-state index is 6.23. The minimum Gasteiger partial charge on any atom is -0.459 e. The van der Waals surface area contributed by atoms with Crippen LogP contribution in [0.5, 0.6) is 0 Å².